The zero-order valence-corrected chi connectivity index (χ0v) is 10.7. The van der Waals surface area contributed by atoms with Gasteiger partial charge in [-0.05, 0) is 53.4 Å². The first kappa shape index (κ1) is 12.0. The van der Waals surface area contributed by atoms with Crippen LogP contribution < -0.4 is 5.32 Å². The molecule has 1 fully saturated rings. The predicted octanol–water partition coefficient (Wildman–Crippen LogP) is 2.76. The van der Waals surface area contributed by atoms with Crippen molar-refractivity contribution in [3.8, 4) is 0 Å². The van der Waals surface area contributed by atoms with Crippen LogP contribution in [0.5, 0.6) is 0 Å². The Bertz CT molecular complexity index is 379. The lowest BCUT2D eigenvalue weighted by molar-refractivity contribution is 0.0586. The Morgan fingerprint density at radius 3 is 2.75 bits per heavy atom. The lowest BCUT2D eigenvalue weighted by Crippen LogP contribution is -2.45. The van der Waals surface area contributed by atoms with Crippen LogP contribution in [0.3, 0.4) is 0 Å². The van der Waals surface area contributed by atoms with Crippen LogP contribution in [0.1, 0.15) is 31.4 Å². The number of hydrogen-bond donors (Lipinski definition) is 2. The van der Waals surface area contributed by atoms with Crippen molar-refractivity contribution in [2.75, 3.05) is 0 Å². The van der Waals surface area contributed by atoms with Gasteiger partial charge in [-0.3, -0.25) is 0 Å². The van der Waals surface area contributed by atoms with Gasteiger partial charge in [0.1, 0.15) is 5.82 Å². The summed E-state index contributed by atoms with van der Waals surface area (Å²) >= 11 is 3.18. The fraction of sp³-hybridized carbons (Fsp3) is 0.500. The molecule has 0 heterocycles. The maximum atomic E-state index is 13.1. The molecule has 1 aliphatic carbocycles. The molecule has 0 spiro atoms. The minimum atomic E-state index is -0.241. The Balaban J connectivity index is 1.97. The molecule has 88 valence electrons. The molecule has 0 aromatic heterocycles. The fourth-order valence-corrected chi connectivity index (χ4v) is 2.35. The third-order valence-corrected chi connectivity index (χ3v) is 3.65. The average molecular weight is 288 g/mol. The van der Waals surface area contributed by atoms with E-state index < -0.39 is 0 Å². The van der Waals surface area contributed by atoms with E-state index in [4.69, 9.17) is 0 Å². The highest BCUT2D eigenvalue weighted by Crippen LogP contribution is 2.25. The lowest BCUT2D eigenvalue weighted by Gasteiger charge is -2.34. The van der Waals surface area contributed by atoms with Crippen LogP contribution in [0.15, 0.2) is 22.7 Å². The van der Waals surface area contributed by atoms with Gasteiger partial charge in [0.15, 0.2) is 0 Å². The van der Waals surface area contributed by atoms with Gasteiger partial charge in [0.05, 0.1) is 10.6 Å². The lowest BCUT2D eigenvalue weighted by atomic mass is 9.88. The minimum Gasteiger partial charge on any atom is -0.393 e. The Morgan fingerprint density at radius 2 is 2.19 bits per heavy atom. The molecule has 1 aromatic rings. The van der Waals surface area contributed by atoms with E-state index in [1.165, 1.54) is 6.07 Å². The third-order valence-electron chi connectivity index (χ3n) is 3.04. The van der Waals surface area contributed by atoms with E-state index in [9.17, 15) is 9.50 Å². The molecule has 1 saturated carbocycles. The summed E-state index contributed by atoms with van der Waals surface area (Å²) < 4.78 is 13.5. The van der Waals surface area contributed by atoms with Crippen LogP contribution in [0, 0.1) is 5.82 Å². The molecular weight excluding hydrogens is 273 g/mol. The second-order valence-electron chi connectivity index (χ2n) is 4.38. The minimum absolute atomic E-state index is 0.148. The van der Waals surface area contributed by atoms with E-state index in [-0.39, 0.29) is 18.0 Å². The normalized spacial score (nSPS) is 26.2. The smallest absolute Gasteiger partial charge is 0.137 e. The van der Waals surface area contributed by atoms with Gasteiger partial charge in [0.2, 0.25) is 0 Å². The van der Waals surface area contributed by atoms with Crippen LogP contribution in [-0.2, 0) is 0 Å². The van der Waals surface area contributed by atoms with Crippen LogP contribution in [0.25, 0.3) is 0 Å². The molecule has 1 atom stereocenters. The van der Waals surface area contributed by atoms with Crippen LogP contribution in [-0.4, -0.2) is 17.3 Å². The molecule has 1 unspecified atom stereocenters. The maximum Gasteiger partial charge on any atom is 0.137 e. The van der Waals surface area contributed by atoms with E-state index in [2.05, 4.69) is 21.2 Å². The van der Waals surface area contributed by atoms with Crippen molar-refractivity contribution >= 4 is 15.9 Å². The van der Waals surface area contributed by atoms with Gasteiger partial charge in [-0.1, -0.05) is 6.07 Å². The quantitative estimate of drug-likeness (QED) is 0.896. The van der Waals surface area contributed by atoms with Gasteiger partial charge in [-0.25, -0.2) is 4.39 Å². The molecule has 16 heavy (non-hydrogen) atoms. The van der Waals surface area contributed by atoms with Crippen molar-refractivity contribution in [2.45, 2.75) is 38.0 Å². The zero-order chi connectivity index (χ0) is 11.7. The number of benzene rings is 1. The third kappa shape index (κ3) is 2.62. The Labute approximate surface area is 103 Å². The SMILES string of the molecule is CC(NC1CC(O)C1)c1ccc(F)c(Br)c1. The number of rotatable bonds is 3. The summed E-state index contributed by atoms with van der Waals surface area (Å²) in [6.45, 7) is 2.05. The highest BCUT2D eigenvalue weighted by Gasteiger charge is 2.28. The molecule has 2 rings (SSSR count). The van der Waals surface area contributed by atoms with Gasteiger partial charge >= 0.3 is 0 Å². The van der Waals surface area contributed by atoms with Gasteiger partial charge in [-0.2, -0.15) is 0 Å². The van der Waals surface area contributed by atoms with Crippen molar-refractivity contribution in [1.29, 1.82) is 0 Å². The topological polar surface area (TPSA) is 32.3 Å². The summed E-state index contributed by atoms with van der Waals surface area (Å²) in [5.74, 6) is -0.241. The highest BCUT2D eigenvalue weighted by molar-refractivity contribution is 9.10. The van der Waals surface area contributed by atoms with Crippen LogP contribution >= 0.6 is 15.9 Å². The van der Waals surface area contributed by atoms with Gasteiger partial charge in [0.25, 0.3) is 0 Å². The number of halogens is 2. The van der Waals surface area contributed by atoms with E-state index in [0.717, 1.165) is 18.4 Å². The summed E-state index contributed by atoms with van der Waals surface area (Å²) in [6.07, 6.45) is 1.48. The zero-order valence-electron chi connectivity index (χ0n) is 9.08. The molecule has 0 saturated heterocycles. The monoisotopic (exact) mass is 287 g/mol. The van der Waals surface area contributed by atoms with Gasteiger partial charge < -0.3 is 10.4 Å². The number of nitrogens with one attached hydrogen (secondary N) is 1. The molecular formula is C12H15BrFNO. The van der Waals surface area contributed by atoms with Crippen molar-refractivity contribution in [2.24, 2.45) is 0 Å². The summed E-state index contributed by atoms with van der Waals surface area (Å²) in [6, 6.07) is 5.60. The molecule has 4 heteroatoms. The van der Waals surface area contributed by atoms with Crippen molar-refractivity contribution in [3.63, 3.8) is 0 Å². The Hall–Kier alpha value is -0.450. The second kappa shape index (κ2) is 4.82. The number of hydrogen-bond acceptors (Lipinski definition) is 2. The summed E-state index contributed by atoms with van der Waals surface area (Å²) in [5.41, 5.74) is 1.05. The van der Waals surface area contributed by atoms with Crippen LogP contribution in [0.4, 0.5) is 4.39 Å². The molecule has 2 N–H and O–H groups in total. The predicted molar refractivity (Wildman–Crippen MR) is 64.7 cm³/mol. The first-order valence-electron chi connectivity index (χ1n) is 5.45. The molecule has 1 aliphatic rings. The second-order valence-corrected chi connectivity index (χ2v) is 5.24. The molecule has 0 amide bonds. The maximum absolute atomic E-state index is 13.1. The fourth-order valence-electron chi connectivity index (χ4n) is 1.96. The van der Waals surface area contributed by atoms with Crippen molar-refractivity contribution in [1.82, 2.24) is 5.32 Å². The molecule has 2 nitrogen and oxygen atoms in total. The molecule has 1 aromatic carbocycles. The number of aliphatic hydroxyl groups is 1. The largest absolute Gasteiger partial charge is 0.393 e. The summed E-state index contributed by atoms with van der Waals surface area (Å²) in [7, 11) is 0. The van der Waals surface area contributed by atoms with Gasteiger partial charge in [-0.15, -0.1) is 0 Å². The Kier molecular flexibility index (Phi) is 3.62. The first-order valence-corrected chi connectivity index (χ1v) is 6.24. The van der Waals surface area contributed by atoms with Crippen molar-refractivity contribution in [3.05, 3.63) is 34.1 Å². The van der Waals surface area contributed by atoms with E-state index in [1.807, 2.05) is 6.92 Å². The number of aliphatic hydroxyl groups excluding tert-OH is 1. The average Bonchev–Trinajstić information content (AvgIpc) is 2.19. The van der Waals surface area contributed by atoms with Gasteiger partial charge in [0, 0.05) is 12.1 Å². The summed E-state index contributed by atoms with van der Waals surface area (Å²) in [5, 5.41) is 12.6. The summed E-state index contributed by atoms with van der Waals surface area (Å²) in [4.78, 5) is 0. The van der Waals surface area contributed by atoms with E-state index in [0.29, 0.717) is 10.5 Å². The van der Waals surface area contributed by atoms with E-state index in [1.54, 1.807) is 12.1 Å². The molecule has 0 bridgehead atoms. The van der Waals surface area contributed by atoms with Crippen LogP contribution in [0.2, 0.25) is 0 Å². The highest BCUT2D eigenvalue weighted by atomic mass is 79.9. The Morgan fingerprint density at radius 1 is 1.50 bits per heavy atom. The van der Waals surface area contributed by atoms with Crippen molar-refractivity contribution < 1.29 is 9.50 Å². The van der Waals surface area contributed by atoms with E-state index >= 15 is 0 Å². The standard InChI is InChI=1S/C12H15BrFNO/c1-7(15-9-5-10(16)6-9)8-2-3-12(14)11(13)4-8/h2-4,7,9-10,15-16H,5-6H2,1H3. The molecule has 0 radical (unpaired) electrons. The molecule has 0 aliphatic heterocycles. The first-order chi connectivity index (χ1) is 7.56.